The molecule has 1 heterocycles. The lowest BCUT2D eigenvalue weighted by atomic mass is 9.95. The summed E-state index contributed by atoms with van der Waals surface area (Å²) in [4.78, 5) is 12.3. The smallest absolute Gasteiger partial charge is 0.273 e. The molecule has 0 aliphatic heterocycles. The molecule has 0 spiro atoms. The number of rotatable bonds is 6. The fourth-order valence-corrected chi connectivity index (χ4v) is 2.92. The van der Waals surface area contributed by atoms with Crippen molar-refractivity contribution in [3.05, 3.63) is 36.2 Å². The van der Waals surface area contributed by atoms with Crippen LogP contribution in [0.2, 0.25) is 0 Å². The molecule has 0 unspecified atom stereocenters. The Morgan fingerprint density at radius 2 is 2.00 bits per heavy atom. The van der Waals surface area contributed by atoms with Gasteiger partial charge in [0.25, 0.3) is 5.91 Å². The Labute approximate surface area is 142 Å². The Hall–Kier alpha value is -2.37. The molecule has 0 atom stereocenters. The molecule has 1 aromatic heterocycles. The second kappa shape index (κ2) is 7.95. The van der Waals surface area contributed by atoms with Gasteiger partial charge in [0.1, 0.15) is 5.75 Å². The minimum atomic E-state index is -0.143. The van der Waals surface area contributed by atoms with Crippen LogP contribution in [0.25, 0.3) is 5.69 Å². The Balaban J connectivity index is 1.62. The summed E-state index contributed by atoms with van der Waals surface area (Å²) in [7, 11) is 0. The molecule has 2 aromatic rings. The highest BCUT2D eigenvalue weighted by Crippen LogP contribution is 2.18. The third-order valence-electron chi connectivity index (χ3n) is 4.24. The fraction of sp³-hybridized carbons (Fsp3) is 0.500. The molecule has 1 N–H and O–H groups in total. The van der Waals surface area contributed by atoms with E-state index in [0.29, 0.717) is 12.3 Å². The van der Waals surface area contributed by atoms with Gasteiger partial charge in [-0.25, -0.2) is 4.68 Å². The molecule has 0 saturated heterocycles. The lowest BCUT2D eigenvalue weighted by Gasteiger charge is -2.22. The zero-order chi connectivity index (χ0) is 16.8. The van der Waals surface area contributed by atoms with Crippen LogP contribution < -0.4 is 10.1 Å². The fourth-order valence-electron chi connectivity index (χ4n) is 2.92. The molecule has 1 fully saturated rings. The van der Waals surface area contributed by atoms with Gasteiger partial charge in [-0.05, 0) is 43.5 Å². The second-order valence-corrected chi connectivity index (χ2v) is 6.20. The van der Waals surface area contributed by atoms with Gasteiger partial charge in [0.05, 0.1) is 18.5 Å². The summed E-state index contributed by atoms with van der Waals surface area (Å²) in [5, 5.41) is 11.1. The van der Waals surface area contributed by atoms with Crippen LogP contribution in [-0.4, -0.2) is 33.5 Å². The highest BCUT2D eigenvalue weighted by atomic mass is 16.5. The largest absolute Gasteiger partial charge is 0.494 e. The molecule has 3 rings (SSSR count). The van der Waals surface area contributed by atoms with Crippen molar-refractivity contribution < 1.29 is 9.53 Å². The summed E-state index contributed by atoms with van der Waals surface area (Å²) in [6, 6.07) is 7.87. The van der Waals surface area contributed by atoms with E-state index in [4.69, 9.17) is 4.74 Å². The molecule has 0 radical (unpaired) electrons. The summed E-state index contributed by atoms with van der Waals surface area (Å²) in [6.45, 7) is 2.78. The first-order valence-corrected chi connectivity index (χ1v) is 8.72. The lowest BCUT2D eigenvalue weighted by molar-refractivity contribution is 0.0922. The highest BCUT2D eigenvalue weighted by Gasteiger charge is 2.18. The van der Waals surface area contributed by atoms with Gasteiger partial charge < -0.3 is 10.1 Å². The van der Waals surface area contributed by atoms with Crippen LogP contribution in [0, 0.1) is 0 Å². The summed E-state index contributed by atoms with van der Waals surface area (Å²) < 4.78 is 7.18. The summed E-state index contributed by atoms with van der Waals surface area (Å²) in [5.74, 6) is 0.687. The van der Waals surface area contributed by atoms with Gasteiger partial charge in [0.15, 0.2) is 5.69 Å². The Morgan fingerprint density at radius 3 is 2.71 bits per heavy atom. The van der Waals surface area contributed by atoms with Gasteiger partial charge in [0.2, 0.25) is 0 Å². The number of aromatic nitrogens is 3. The van der Waals surface area contributed by atoms with Crippen LogP contribution in [0.3, 0.4) is 0 Å². The first-order chi connectivity index (χ1) is 11.8. The van der Waals surface area contributed by atoms with E-state index in [1.807, 2.05) is 24.3 Å². The number of carbonyl (C=O) groups is 1. The molecule has 1 aliphatic carbocycles. The summed E-state index contributed by atoms with van der Waals surface area (Å²) in [6.07, 6.45) is 8.39. The van der Waals surface area contributed by atoms with E-state index < -0.39 is 0 Å². The molecule has 6 nitrogen and oxygen atoms in total. The number of nitrogens with zero attached hydrogens (tertiary/aromatic N) is 3. The Bertz CT molecular complexity index is 660. The maximum atomic E-state index is 12.3. The van der Waals surface area contributed by atoms with E-state index in [9.17, 15) is 4.79 Å². The Morgan fingerprint density at radius 1 is 1.25 bits per heavy atom. The number of benzene rings is 1. The van der Waals surface area contributed by atoms with Gasteiger partial charge in [-0.2, -0.15) is 0 Å². The quantitative estimate of drug-likeness (QED) is 0.884. The summed E-state index contributed by atoms with van der Waals surface area (Å²) in [5.41, 5.74) is 1.20. The van der Waals surface area contributed by atoms with E-state index >= 15 is 0 Å². The van der Waals surface area contributed by atoms with Crippen molar-refractivity contribution in [1.29, 1.82) is 0 Å². The van der Waals surface area contributed by atoms with Crippen LogP contribution in [0.5, 0.6) is 5.75 Å². The lowest BCUT2D eigenvalue weighted by Crippen LogP contribution is -2.36. The van der Waals surface area contributed by atoms with Gasteiger partial charge in [0, 0.05) is 6.04 Å². The van der Waals surface area contributed by atoms with E-state index in [1.165, 1.54) is 19.3 Å². The third kappa shape index (κ3) is 4.13. The molecule has 24 heavy (non-hydrogen) atoms. The predicted octanol–water partition coefficient (Wildman–Crippen LogP) is 3.12. The average molecular weight is 328 g/mol. The number of nitrogens with one attached hydrogen (secondary N) is 1. The van der Waals surface area contributed by atoms with Crippen molar-refractivity contribution in [2.75, 3.05) is 6.61 Å². The van der Waals surface area contributed by atoms with Crippen LogP contribution in [0.1, 0.15) is 55.9 Å². The zero-order valence-electron chi connectivity index (χ0n) is 14.1. The first kappa shape index (κ1) is 16.5. The van der Waals surface area contributed by atoms with E-state index in [-0.39, 0.29) is 11.9 Å². The normalized spacial score (nSPS) is 15.2. The van der Waals surface area contributed by atoms with E-state index in [0.717, 1.165) is 30.7 Å². The zero-order valence-corrected chi connectivity index (χ0v) is 14.1. The molecular weight excluding hydrogens is 304 g/mol. The van der Waals surface area contributed by atoms with Crippen LogP contribution in [-0.2, 0) is 0 Å². The second-order valence-electron chi connectivity index (χ2n) is 6.20. The standard InChI is InChI=1S/C18H24N4O2/c1-2-12-24-16-10-8-15(9-11-16)22-13-17(20-21-22)18(23)19-14-6-4-3-5-7-14/h8-11,13-14H,2-7,12H2,1H3,(H,19,23). The topological polar surface area (TPSA) is 69.0 Å². The Kier molecular flexibility index (Phi) is 5.46. The van der Waals surface area contributed by atoms with Crippen LogP contribution in [0.15, 0.2) is 30.5 Å². The summed E-state index contributed by atoms with van der Waals surface area (Å²) >= 11 is 0. The average Bonchev–Trinajstić information content (AvgIpc) is 3.11. The van der Waals surface area contributed by atoms with Crippen molar-refractivity contribution in [3.63, 3.8) is 0 Å². The number of ether oxygens (including phenoxy) is 1. The molecule has 1 aromatic carbocycles. The number of hydrogen-bond donors (Lipinski definition) is 1. The minimum absolute atomic E-state index is 0.143. The minimum Gasteiger partial charge on any atom is -0.494 e. The van der Waals surface area contributed by atoms with Crippen molar-refractivity contribution in [3.8, 4) is 11.4 Å². The van der Waals surface area contributed by atoms with Gasteiger partial charge >= 0.3 is 0 Å². The monoisotopic (exact) mass is 328 g/mol. The number of hydrogen-bond acceptors (Lipinski definition) is 4. The highest BCUT2D eigenvalue weighted by molar-refractivity contribution is 5.92. The molecule has 0 bridgehead atoms. The van der Waals surface area contributed by atoms with Gasteiger partial charge in [-0.1, -0.05) is 31.4 Å². The molecule has 6 heteroatoms. The SMILES string of the molecule is CCCOc1ccc(-n2cc(C(=O)NC3CCCCC3)nn2)cc1. The first-order valence-electron chi connectivity index (χ1n) is 8.72. The maximum absolute atomic E-state index is 12.3. The predicted molar refractivity (Wildman–Crippen MR) is 91.5 cm³/mol. The van der Waals surface area contributed by atoms with Gasteiger partial charge in [-0.15, -0.1) is 5.10 Å². The number of amides is 1. The van der Waals surface area contributed by atoms with Crippen molar-refractivity contribution in [2.24, 2.45) is 0 Å². The maximum Gasteiger partial charge on any atom is 0.273 e. The molecule has 1 amide bonds. The van der Waals surface area contributed by atoms with E-state index in [2.05, 4.69) is 22.6 Å². The molecular formula is C18H24N4O2. The third-order valence-corrected chi connectivity index (χ3v) is 4.24. The van der Waals surface area contributed by atoms with Crippen molar-refractivity contribution in [1.82, 2.24) is 20.3 Å². The van der Waals surface area contributed by atoms with E-state index in [1.54, 1.807) is 10.9 Å². The number of carbonyl (C=O) groups excluding carboxylic acids is 1. The van der Waals surface area contributed by atoms with Crippen LogP contribution in [0.4, 0.5) is 0 Å². The van der Waals surface area contributed by atoms with Crippen molar-refractivity contribution >= 4 is 5.91 Å². The van der Waals surface area contributed by atoms with Gasteiger partial charge in [-0.3, -0.25) is 4.79 Å². The molecule has 1 saturated carbocycles. The van der Waals surface area contributed by atoms with Crippen molar-refractivity contribution in [2.45, 2.75) is 51.5 Å². The molecule has 128 valence electrons. The van der Waals surface area contributed by atoms with Crippen LogP contribution >= 0.6 is 0 Å². The molecule has 1 aliphatic rings.